The smallest absolute Gasteiger partial charge is 0.255 e. The van der Waals surface area contributed by atoms with Crippen LogP contribution in [0.25, 0.3) is 0 Å². The second-order valence-corrected chi connectivity index (χ2v) is 5.81. The summed E-state index contributed by atoms with van der Waals surface area (Å²) in [6, 6.07) is 10.6. The molecule has 0 bridgehead atoms. The molecular formula is C21H27NO5. The van der Waals surface area contributed by atoms with Gasteiger partial charge < -0.3 is 24.3 Å². The molecule has 2 aromatic rings. The molecule has 6 nitrogen and oxygen atoms in total. The van der Waals surface area contributed by atoms with Crippen LogP contribution in [-0.4, -0.2) is 33.3 Å². The fraction of sp³-hybridized carbons (Fsp3) is 0.381. The van der Waals surface area contributed by atoms with Gasteiger partial charge in [0.05, 0.1) is 39.0 Å². The van der Waals surface area contributed by atoms with Crippen molar-refractivity contribution in [1.82, 2.24) is 5.32 Å². The Morgan fingerprint density at radius 1 is 0.963 bits per heavy atom. The maximum Gasteiger partial charge on any atom is 0.255 e. The Morgan fingerprint density at radius 2 is 1.67 bits per heavy atom. The largest absolute Gasteiger partial charge is 0.493 e. The van der Waals surface area contributed by atoms with Gasteiger partial charge in [-0.05, 0) is 50.6 Å². The number of para-hydroxylation sites is 1. The third kappa shape index (κ3) is 4.84. The minimum Gasteiger partial charge on any atom is -0.493 e. The average molecular weight is 373 g/mol. The van der Waals surface area contributed by atoms with Crippen molar-refractivity contribution in [3.8, 4) is 23.0 Å². The lowest BCUT2D eigenvalue weighted by Crippen LogP contribution is -2.27. The molecule has 1 unspecified atom stereocenters. The van der Waals surface area contributed by atoms with Gasteiger partial charge in [0, 0.05) is 0 Å². The fourth-order valence-electron chi connectivity index (χ4n) is 2.76. The Bertz CT molecular complexity index is 775. The number of nitrogens with one attached hydrogen (secondary N) is 1. The molecule has 0 radical (unpaired) electrons. The average Bonchev–Trinajstić information content (AvgIpc) is 2.68. The lowest BCUT2D eigenvalue weighted by Gasteiger charge is -2.19. The lowest BCUT2D eigenvalue weighted by molar-refractivity contribution is 0.0936. The van der Waals surface area contributed by atoms with Gasteiger partial charge in [0.15, 0.2) is 23.0 Å². The number of hydrogen-bond acceptors (Lipinski definition) is 5. The van der Waals surface area contributed by atoms with Crippen molar-refractivity contribution in [2.45, 2.75) is 26.8 Å². The molecule has 1 N–H and O–H groups in total. The van der Waals surface area contributed by atoms with Gasteiger partial charge in [0.1, 0.15) is 0 Å². The standard InChI is InChI=1S/C21H27NO5/c1-6-26-17-12-11-15(13-19(17)27-7-2)14(3)22-21(23)16-9-8-10-18(24-4)20(16)25-5/h8-14H,6-7H2,1-5H3,(H,22,23). The Balaban J connectivity index is 2.23. The SMILES string of the molecule is CCOc1ccc(C(C)NC(=O)c2cccc(OC)c2OC)cc1OCC. The van der Waals surface area contributed by atoms with Crippen molar-refractivity contribution >= 4 is 5.91 Å². The van der Waals surface area contributed by atoms with E-state index in [0.717, 1.165) is 5.56 Å². The molecule has 6 heteroatoms. The number of hydrogen-bond donors (Lipinski definition) is 1. The first kappa shape index (κ1) is 20.4. The molecule has 146 valence electrons. The molecule has 0 aliphatic heterocycles. The number of carbonyl (C=O) groups excluding carboxylic acids is 1. The Morgan fingerprint density at radius 3 is 2.30 bits per heavy atom. The van der Waals surface area contributed by atoms with Gasteiger partial charge in [-0.1, -0.05) is 12.1 Å². The van der Waals surface area contributed by atoms with E-state index in [4.69, 9.17) is 18.9 Å². The summed E-state index contributed by atoms with van der Waals surface area (Å²) in [7, 11) is 3.05. The van der Waals surface area contributed by atoms with Crippen molar-refractivity contribution < 1.29 is 23.7 Å². The van der Waals surface area contributed by atoms with Crippen LogP contribution in [0.3, 0.4) is 0 Å². The van der Waals surface area contributed by atoms with Gasteiger partial charge in [-0.15, -0.1) is 0 Å². The number of amides is 1. The third-order valence-corrected chi connectivity index (χ3v) is 4.06. The molecule has 0 saturated carbocycles. The van der Waals surface area contributed by atoms with Gasteiger partial charge in [-0.25, -0.2) is 0 Å². The molecule has 0 fully saturated rings. The van der Waals surface area contributed by atoms with Crippen LogP contribution < -0.4 is 24.3 Å². The zero-order valence-corrected chi connectivity index (χ0v) is 16.5. The molecule has 1 amide bonds. The summed E-state index contributed by atoms with van der Waals surface area (Å²) in [4.78, 5) is 12.8. The van der Waals surface area contributed by atoms with E-state index in [-0.39, 0.29) is 11.9 Å². The maximum atomic E-state index is 12.8. The molecule has 0 aliphatic carbocycles. The zero-order chi connectivity index (χ0) is 19.8. The summed E-state index contributed by atoms with van der Waals surface area (Å²) >= 11 is 0. The van der Waals surface area contributed by atoms with E-state index >= 15 is 0 Å². The van der Waals surface area contributed by atoms with Crippen LogP contribution in [0.2, 0.25) is 0 Å². The highest BCUT2D eigenvalue weighted by atomic mass is 16.5. The van der Waals surface area contributed by atoms with Crippen molar-refractivity contribution in [3.63, 3.8) is 0 Å². The summed E-state index contributed by atoms with van der Waals surface area (Å²) in [5, 5.41) is 2.99. The molecule has 27 heavy (non-hydrogen) atoms. The van der Waals surface area contributed by atoms with Crippen LogP contribution in [0.4, 0.5) is 0 Å². The Kier molecular flexibility index (Phi) is 7.34. The van der Waals surface area contributed by atoms with Crippen LogP contribution >= 0.6 is 0 Å². The summed E-state index contributed by atoms with van der Waals surface area (Å²) in [6.07, 6.45) is 0. The molecule has 0 spiro atoms. The van der Waals surface area contributed by atoms with Crippen LogP contribution in [-0.2, 0) is 0 Å². The van der Waals surface area contributed by atoms with E-state index in [1.807, 2.05) is 39.0 Å². The van der Waals surface area contributed by atoms with E-state index in [0.29, 0.717) is 41.8 Å². The van der Waals surface area contributed by atoms with Crippen molar-refractivity contribution in [2.75, 3.05) is 27.4 Å². The minimum absolute atomic E-state index is 0.233. The molecule has 0 aliphatic rings. The van der Waals surface area contributed by atoms with Crippen LogP contribution in [0.15, 0.2) is 36.4 Å². The highest BCUT2D eigenvalue weighted by molar-refractivity contribution is 5.98. The number of carbonyl (C=O) groups is 1. The summed E-state index contributed by atoms with van der Waals surface area (Å²) in [5.41, 5.74) is 1.33. The highest BCUT2D eigenvalue weighted by Crippen LogP contribution is 2.33. The molecule has 0 aromatic heterocycles. The second kappa shape index (κ2) is 9.71. The molecule has 0 heterocycles. The molecular weight excluding hydrogens is 346 g/mol. The van der Waals surface area contributed by atoms with Gasteiger partial charge in [0.25, 0.3) is 5.91 Å². The van der Waals surface area contributed by atoms with Crippen LogP contribution in [0.1, 0.15) is 42.7 Å². The van der Waals surface area contributed by atoms with Gasteiger partial charge in [-0.3, -0.25) is 4.79 Å². The van der Waals surface area contributed by atoms with E-state index < -0.39 is 0 Å². The fourth-order valence-corrected chi connectivity index (χ4v) is 2.76. The van der Waals surface area contributed by atoms with Crippen LogP contribution in [0, 0.1) is 0 Å². The number of methoxy groups -OCH3 is 2. The van der Waals surface area contributed by atoms with Gasteiger partial charge >= 0.3 is 0 Å². The first-order valence-corrected chi connectivity index (χ1v) is 8.97. The van der Waals surface area contributed by atoms with Crippen molar-refractivity contribution in [2.24, 2.45) is 0 Å². The van der Waals surface area contributed by atoms with Crippen molar-refractivity contribution in [3.05, 3.63) is 47.5 Å². The summed E-state index contributed by atoms with van der Waals surface area (Å²) in [5.74, 6) is 2.03. The van der Waals surface area contributed by atoms with E-state index in [2.05, 4.69) is 5.32 Å². The van der Waals surface area contributed by atoms with Gasteiger partial charge in [-0.2, -0.15) is 0 Å². The topological polar surface area (TPSA) is 66.0 Å². The minimum atomic E-state index is -0.245. The predicted molar refractivity (Wildman–Crippen MR) is 104 cm³/mol. The molecule has 2 aromatic carbocycles. The monoisotopic (exact) mass is 373 g/mol. The third-order valence-electron chi connectivity index (χ3n) is 4.06. The first-order chi connectivity index (χ1) is 13.0. The van der Waals surface area contributed by atoms with E-state index in [1.165, 1.54) is 14.2 Å². The number of benzene rings is 2. The maximum absolute atomic E-state index is 12.8. The molecule has 2 rings (SSSR count). The predicted octanol–water partition coefficient (Wildman–Crippen LogP) is 3.99. The Labute approximate surface area is 160 Å². The van der Waals surface area contributed by atoms with Crippen molar-refractivity contribution in [1.29, 1.82) is 0 Å². The first-order valence-electron chi connectivity index (χ1n) is 8.97. The quantitative estimate of drug-likeness (QED) is 0.720. The zero-order valence-electron chi connectivity index (χ0n) is 16.5. The number of ether oxygens (including phenoxy) is 4. The number of rotatable bonds is 9. The summed E-state index contributed by atoms with van der Waals surface area (Å²) in [6.45, 7) is 6.85. The molecule has 1 atom stereocenters. The highest BCUT2D eigenvalue weighted by Gasteiger charge is 2.19. The second-order valence-electron chi connectivity index (χ2n) is 5.81. The lowest BCUT2D eigenvalue weighted by atomic mass is 10.1. The van der Waals surface area contributed by atoms with E-state index in [9.17, 15) is 4.79 Å². The normalized spacial score (nSPS) is 11.4. The van der Waals surface area contributed by atoms with Gasteiger partial charge in [0.2, 0.25) is 0 Å². The Hall–Kier alpha value is -2.89. The van der Waals surface area contributed by atoms with E-state index in [1.54, 1.807) is 18.2 Å². The van der Waals surface area contributed by atoms with Crippen LogP contribution in [0.5, 0.6) is 23.0 Å². The molecule has 0 saturated heterocycles. The summed E-state index contributed by atoms with van der Waals surface area (Å²) < 4.78 is 21.9.